The lowest BCUT2D eigenvalue weighted by atomic mass is 9.85. The van der Waals surface area contributed by atoms with Crippen molar-refractivity contribution in [3.63, 3.8) is 0 Å². The molecule has 0 spiro atoms. The van der Waals surface area contributed by atoms with Crippen LogP contribution in [0.15, 0.2) is 36.4 Å². The standard InChI is InChI=1S/C18H21ClO2/c1-12-5-6-13(2)16(9-12)18(3,20)11-14-10-15(19)7-8-17(14)21-4/h5-10,20H,11H2,1-4H3. The highest BCUT2D eigenvalue weighted by Gasteiger charge is 2.27. The molecule has 0 aliphatic heterocycles. The van der Waals surface area contributed by atoms with Crippen molar-refractivity contribution in [2.75, 3.05) is 7.11 Å². The third-order valence-electron chi connectivity index (χ3n) is 3.75. The van der Waals surface area contributed by atoms with Crippen LogP contribution in [0, 0.1) is 13.8 Å². The second-order valence-electron chi connectivity index (χ2n) is 5.73. The van der Waals surface area contributed by atoms with E-state index in [1.165, 1.54) is 0 Å². The second kappa shape index (κ2) is 6.08. The van der Waals surface area contributed by atoms with E-state index in [-0.39, 0.29) is 0 Å². The van der Waals surface area contributed by atoms with Crippen LogP contribution in [0.25, 0.3) is 0 Å². The first-order valence-corrected chi connectivity index (χ1v) is 7.34. The quantitative estimate of drug-likeness (QED) is 0.906. The van der Waals surface area contributed by atoms with Crippen LogP contribution in [0.2, 0.25) is 5.02 Å². The molecular weight excluding hydrogens is 284 g/mol. The highest BCUT2D eigenvalue weighted by molar-refractivity contribution is 6.30. The Hall–Kier alpha value is -1.51. The zero-order valence-electron chi connectivity index (χ0n) is 12.9. The highest BCUT2D eigenvalue weighted by atomic mass is 35.5. The summed E-state index contributed by atoms with van der Waals surface area (Å²) in [5, 5.41) is 11.6. The van der Waals surface area contributed by atoms with E-state index in [1.807, 2.05) is 45.0 Å². The summed E-state index contributed by atoms with van der Waals surface area (Å²) in [5.41, 5.74) is 3.06. The van der Waals surface area contributed by atoms with Crippen LogP contribution in [-0.2, 0) is 12.0 Å². The van der Waals surface area contributed by atoms with E-state index in [4.69, 9.17) is 16.3 Å². The zero-order chi connectivity index (χ0) is 15.6. The summed E-state index contributed by atoms with van der Waals surface area (Å²) in [4.78, 5) is 0. The van der Waals surface area contributed by atoms with Crippen LogP contribution in [0.4, 0.5) is 0 Å². The summed E-state index contributed by atoms with van der Waals surface area (Å²) >= 11 is 6.07. The van der Waals surface area contributed by atoms with Crippen LogP contribution >= 0.6 is 11.6 Å². The molecule has 2 rings (SSSR count). The maximum absolute atomic E-state index is 11.0. The number of hydrogen-bond donors (Lipinski definition) is 1. The van der Waals surface area contributed by atoms with E-state index in [0.29, 0.717) is 11.4 Å². The first-order valence-electron chi connectivity index (χ1n) is 6.96. The van der Waals surface area contributed by atoms with Gasteiger partial charge in [-0.3, -0.25) is 0 Å². The smallest absolute Gasteiger partial charge is 0.122 e. The van der Waals surface area contributed by atoms with Gasteiger partial charge in [-0.25, -0.2) is 0 Å². The maximum Gasteiger partial charge on any atom is 0.122 e. The van der Waals surface area contributed by atoms with Gasteiger partial charge in [-0.2, -0.15) is 0 Å². The van der Waals surface area contributed by atoms with Crippen LogP contribution in [-0.4, -0.2) is 12.2 Å². The fourth-order valence-corrected chi connectivity index (χ4v) is 2.86. The monoisotopic (exact) mass is 304 g/mol. The van der Waals surface area contributed by atoms with Gasteiger partial charge in [0.15, 0.2) is 0 Å². The molecule has 0 heterocycles. The Morgan fingerprint density at radius 1 is 1.14 bits per heavy atom. The number of rotatable bonds is 4. The minimum Gasteiger partial charge on any atom is -0.496 e. The Balaban J connectivity index is 2.41. The van der Waals surface area contributed by atoms with Crippen LogP contribution in [0.1, 0.15) is 29.2 Å². The highest BCUT2D eigenvalue weighted by Crippen LogP contribution is 2.33. The number of hydrogen-bond acceptors (Lipinski definition) is 2. The van der Waals surface area contributed by atoms with E-state index in [2.05, 4.69) is 6.07 Å². The van der Waals surface area contributed by atoms with Gasteiger partial charge in [-0.05, 0) is 55.7 Å². The minimum atomic E-state index is -0.978. The van der Waals surface area contributed by atoms with Crippen molar-refractivity contribution in [3.05, 3.63) is 63.7 Å². The molecule has 2 aromatic rings. The van der Waals surface area contributed by atoms with Gasteiger partial charge in [0.2, 0.25) is 0 Å². The van der Waals surface area contributed by atoms with Crippen molar-refractivity contribution in [2.45, 2.75) is 32.8 Å². The molecule has 112 valence electrons. The Bertz CT molecular complexity index is 648. The summed E-state index contributed by atoms with van der Waals surface area (Å²) < 4.78 is 5.37. The normalized spacial score (nSPS) is 13.8. The number of aryl methyl sites for hydroxylation is 2. The van der Waals surface area contributed by atoms with Crippen LogP contribution in [0.5, 0.6) is 5.75 Å². The molecule has 0 aliphatic carbocycles. The van der Waals surface area contributed by atoms with E-state index in [0.717, 1.165) is 28.0 Å². The molecule has 0 aliphatic rings. The van der Waals surface area contributed by atoms with Gasteiger partial charge in [-0.15, -0.1) is 0 Å². The molecule has 3 heteroatoms. The van der Waals surface area contributed by atoms with Crippen molar-refractivity contribution in [1.82, 2.24) is 0 Å². The summed E-state index contributed by atoms with van der Waals surface area (Å²) in [6.45, 7) is 5.87. The van der Waals surface area contributed by atoms with E-state index >= 15 is 0 Å². The van der Waals surface area contributed by atoms with Crippen molar-refractivity contribution in [2.24, 2.45) is 0 Å². The molecule has 21 heavy (non-hydrogen) atoms. The molecule has 1 N–H and O–H groups in total. The molecule has 2 nitrogen and oxygen atoms in total. The molecule has 0 radical (unpaired) electrons. The fraction of sp³-hybridized carbons (Fsp3) is 0.333. The SMILES string of the molecule is COc1ccc(Cl)cc1CC(C)(O)c1cc(C)ccc1C. The Kier molecular flexibility index (Phi) is 4.60. The molecule has 0 saturated carbocycles. The molecule has 0 aromatic heterocycles. The Morgan fingerprint density at radius 3 is 2.52 bits per heavy atom. The molecule has 0 saturated heterocycles. The number of benzene rings is 2. The lowest BCUT2D eigenvalue weighted by Crippen LogP contribution is -2.25. The summed E-state index contributed by atoms with van der Waals surface area (Å²) in [5.74, 6) is 0.741. The lowest BCUT2D eigenvalue weighted by molar-refractivity contribution is 0.0563. The van der Waals surface area contributed by atoms with Crippen molar-refractivity contribution < 1.29 is 9.84 Å². The average molecular weight is 305 g/mol. The molecule has 1 atom stereocenters. The topological polar surface area (TPSA) is 29.5 Å². The third-order valence-corrected chi connectivity index (χ3v) is 3.99. The van der Waals surface area contributed by atoms with E-state index in [1.54, 1.807) is 13.2 Å². The second-order valence-corrected chi connectivity index (χ2v) is 6.16. The van der Waals surface area contributed by atoms with Crippen molar-refractivity contribution >= 4 is 11.6 Å². The van der Waals surface area contributed by atoms with E-state index < -0.39 is 5.60 Å². The van der Waals surface area contributed by atoms with Crippen molar-refractivity contribution in [3.8, 4) is 5.75 Å². The van der Waals surface area contributed by atoms with Gasteiger partial charge in [0.1, 0.15) is 5.75 Å². The van der Waals surface area contributed by atoms with E-state index in [9.17, 15) is 5.11 Å². The molecule has 0 fully saturated rings. The summed E-state index contributed by atoms with van der Waals surface area (Å²) in [6.07, 6.45) is 0.445. The first-order chi connectivity index (χ1) is 9.83. The molecule has 2 aromatic carbocycles. The fourth-order valence-electron chi connectivity index (χ4n) is 2.67. The van der Waals surface area contributed by atoms with Gasteiger partial charge in [0.25, 0.3) is 0 Å². The summed E-state index contributed by atoms with van der Waals surface area (Å²) in [7, 11) is 1.62. The number of ether oxygens (including phenoxy) is 1. The molecule has 0 amide bonds. The first kappa shape index (κ1) is 15.9. The molecular formula is C18H21ClO2. The van der Waals surface area contributed by atoms with Crippen LogP contribution < -0.4 is 4.74 Å². The zero-order valence-corrected chi connectivity index (χ0v) is 13.7. The van der Waals surface area contributed by atoms with Gasteiger partial charge < -0.3 is 9.84 Å². The predicted octanol–water partition coefficient (Wildman–Crippen LogP) is 4.42. The van der Waals surface area contributed by atoms with Gasteiger partial charge in [0.05, 0.1) is 12.7 Å². The number of aliphatic hydroxyl groups is 1. The summed E-state index contributed by atoms with van der Waals surface area (Å²) in [6, 6.07) is 11.6. The number of halogens is 1. The molecule has 1 unspecified atom stereocenters. The van der Waals surface area contributed by atoms with Gasteiger partial charge in [-0.1, -0.05) is 35.4 Å². The maximum atomic E-state index is 11.0. The van der Waals surface area contributed by atoms with Crippen LogP contribution in [0.3, 0.4) is 0 Å². The van der Waals surface area contributed by atoms with Gasteiger partial charge >= 0.3 is 0 Å². The van der Waals surface area contributed by atoms with Crippen molar-refractivity contribution in [1.29, 1.82) is 0 Å². The number of methoxy groups -OCH3 is 1. The lowest BCUT2D eigenvalue weighted by Gasteiger charge is -2.27. The largest absolute Gasteiger partial charge is 0.496 e. The molecule has 0 bridgehead atoms. The Labute approximate surface area is 131 Å². The average Bonchev–Trinajstić information content (AvgIpc) is 2.41. The Morgan fingerprint density at radius 2 is 1.86 bits per heavy atom. The predicted molar refractivity (Wildman–Crippen MR) is 87.2 cm³/mol. The third kappa shape index (κ3) is 3.58. The van der Waals surface area contributed by atoms with Gasteiger partial charge in [0, 0.05) is 11.4 Å². The minimum absolute atomic E-state index is 0.445.